The van der Waals surface area contributed by atoms with Gasteiger partial charge >= 0.3 is 0 Å². The molecule has 4 rings (SSSR count). The molecule has 3 aromatic rings. The van der Waals surface area contributed by atoms with Gasteiger partial charge in [0.2, 0.25) is 0 Å². The molecule has 1 saturated carbocycles. The number of aromatic nitrogens is 4. The minimum Gasteiger partial charge on any atom is -0.355 e. The van der Waals surface area contributed by atoms with Gasteiger partial charge in [-0.1, -0.05) is 29.8 Å². The van der Waals surface area contributed by atoms with E-state index >= 15 is 0 Å². The Morgan fingerprint density at radius 3 is 2.75 bits per heavy atom. The van der Waals surface area contributed by atoms with Gasteiger partial charge in [-0.25, -0.2) is 14.6 Å². The highest BCUT2D eigenvalue weighted by Gasteiger charge is 2.27. The van der Waals surface area contributed by atoms with Crippen molar-refractivity contribution in [1.82, 2.24) is 19.7 Å². The second-order valence-corrected chi connectivity index (χ2v) is 6.55. The average molecular weight is 340 g/mol. The molecule has 0 amide bonds. The average Bonchev–Trinajstić information content (AvgIpc) is 3.35. The topological polar surface area (TPSA) is 46.8 Å². The summed E-state index contributed by atoms with van der Waals surface area (Å²) in [5.74, 6) is 2.20. The second-order valence-electron chi connectivity index (χ2n) is 6.17. The maximum absolute atomic E-state index is 6.16. The summed E-state index contributed by atoms with van der Waals surface area (Å²) in [7, 11) is 2.01. The van der Waals surface area contributed by atoms with E-state index in [0.29, 0.717) is 17.6 Å². The summed E-state index contributed by atoms with van der Waals surface area (Å²) in [5, 5.41) is 4.95. The van der Waals surface area contributed by atoms with Crippen molar-refractivity contribution in [3.05, 3.63) is 65.3 Å². The molecule has 0 aliphatic heterocycles. The molecule has 0 unspecified atom stereocenters. The van der Waals surface area contributed by atoms with Crippen LogP contribution in [0, 0.1) is 0 Å². The van der Waals surface area contributed by atoms with Crippen LogP contribution in [0.4, 0.5) is 5.82 Å². The molecule has 1 aliphatic carbocycles. The molecule has 5 nitrogen and oxygen atoms in total. The van der Waals surface area contributed by atoms with Crippen LogP contribution in [0.5, 0.6) is 0 Å². The molecule has 0 radical (unpaired) electrons. The van der Waals surface area contributed by atoms with E-state index in [1.165, 1.54) is 0 Å². The predicted octanol–water partition coefficient (Wildman–Crippen LogP) is 3.83. The zero-order chi connectivity index (χ0) is 16.5. The van der Waals surface area contributed by atoms with E-state index in [1.807, 2.05) is 60.5 Å². The third-order valence-electron chi connectivity index (χ3n) is 4.11. The van der Waals surface area contributed by atoms with E-state index < -0.39 is 0 Å². The van der Waals surface area contributed by atoms with Crippen LogP contribution in [0.1, 0.15) is 30.1 Å². The first-order chi connectivity index (χ1) is 11.7. The highest BCUT2D eigenvalue weighted by atomic mass is 35.5. The number of para-hydroxylation sites is 1. The summed E-state index contributed by atoms with van der Waals surface area (Å²) in [5.41, 5.74) is 2.16. The molecule has 0 atom stereocenters. The summed E-state index contributed by atoms with van der Waals surface area (Å²) in [6.45, 7) is 0.713. The molecule has 122 valence electrons. The smallest absolute Gasteiger partial charge is 0.135 e. The number of nitrogens with zero attached hydrogens (tertiary/aromatic N) is 5. The van der Waals surface area contributed by atoms with E-state index in [1.54, 1.807) is 0 Å². The molecule has 6 heteroatoms. The van der Waals surface area contributed by atoms with Crippen molar-refractivity contribution in [1.29, 1.82) is 0 Å². The fourth-order valence-electron chi connectivity index (χ4n) is 2.66. The van der Waals surface area contributed by atoms with Gasteiger partial charge in [-0.05, 0) is 25.0 Å². The third-order valence-corrected chi connectivity index (χ3v) is 4.30. The molecule has 2 heterocycles. The van der Waals surface area contributed by atoms with Gasteiger partial charge in [0.25, 0.3) is 0 Å². The highest BCUT2D eigenvalue weighted by Crippen LogP contribution is 2.39. The molecule has 1 aromatic carbocycles. The zero-order valence-electron chi connectivity index (χ0n) is 13.4. The lowest BCUT2D eigenvalue weighted by atomic mass is 10.3. The number of halogens is 1. The van der Waals surface area contributed by atoms with Crippen molar-refractivity contribution in [3.8, 4) is 5.69 Å². The summed E-state index contributed by atoms with van der Waals surface area (Å²) in [4.78, 5) is 11.1. The van der Waals surface area contributed by atoms with Crippen LogP contribution < -0.4 is 4.90 Å². The van der Waals surface area contributed by atoms with Gasteiger partial charge < -0.3 is 4.90 Å². The number of benzene rings is 1. The normalized spacial score (nSPS) is 13.9. The van der Waals surface area contributed by atoms with Crippen LogP contribution in [-0.2, 0) is 6.54 Å². The summed E-state index contributed by atoms with van der Waals surface area (Å²) in [6, 6.07) is 11.9. The Hall–Kier alpha value is -2.40. The highest BCUT2D eigenvalue weighted by molar-refractivity contribution is 6.29. The molecule has 2 aromatic heterocycles. The molecular formula is C18H18ClN5. The first-order valence-corrected chi connectivity index (χ1v) is 8.41. The van der Waals surface area contributed by atoms with Crippen LogP contribution in [0.3, 0.4) is 0 Å². The summed E-state index contributed by atoms with van der Waals surface area (Å²) < 4.78 is 1.88. The lowest BCUT2D eigenvalue weighted by Gasteiger charge is -2.18. The Balaban J connectivity index is 1.52. The van der Waals surface area contributed by atoms with Crippen molar-refractivity contribution in [3.63, 3.8) is 0 Å². The molecule has 1 aliphatic rings. The van der Waals surface area contributed by atoms with E-state index in [4.69, 9.17) is 11.6 Å². The molecule has 0 bridgehead atoms. The van der Waals surface area contributed by atoms with Crippen molar-refractivity contribution >= 4 is 17.4 Å². The lowest BCUT2D eigenvalue weighted by Crippen LogP contribution is -2.18. The van der Waals surface area contributed by atoms with E-state index in [0.717, 1.165) is 35.7 Å². The van der Waals surface area contributed by atoms with Crippen molar-refractivity contribution in [2.75, 3.05) is 11.9 Å². The molecule has 0 N–H and O–H groups in total. The first-order valence-electron chi connectivity index (χ1n) is 8.03. The molecule has 0 saturated heterocycles. The van der Waals surface area contributed by atoms with E-state index in [2.05, 4.69) is 20.0 Å². The van der Waals surface area contributed by atoms with Crippen molar-refractivity contribution < 1.29 is 0 Å². The fraction of sp³-hybridized carbons (Fsp3) is 0.278. The minimum absolute atomic E-state index is 0.483. The Morgan fingerprint density at radius 2 is 2.00 bits per heavy atom. The van der Waals surface area contributed by atoms with Gasteiger partial charge in [-0.3, -0.25) is 0 Å². The quantitative estimate of drug-likeness (QED) is 0.663. The number of hydrogen-bond donors (Lipinski definition) is 0. The van der Waals surface area contributed by atoms with Gasteiger partial charge in [-0.2, -0.15) is 5.10 Å². The third kappa shape index (κ3) is 3.26. The standard InChI is InChI=1S/C18H18ClN5/c1-23(17-9-16(19)21-18(22-17)14-7-8-14)11-13-10-20-24(12-13)15-5-3-2-4-6-15/h2-6,9-10,12,14H,7-8,11H2,1H3. The number of hydrogen-bond acceptors (Lipinski definition) is 4. The fourth-order valence-corrected chi connectivity index (χ4v) is 2.85. The van der Waals surface area contributed by atoms with Gasteiger partial charge in [0.15, 0.2) is 0 Å². The Bertz CT molecular complexity index is 842. The van der Waals surface area contributed by atoms with Crippen LogP contribution in [0.2, 0.25) is 5.15 Å². The Morgan fingerprint density at radius 1 is 1.21 bits per heavy atom. The van der Waals surface area contributed by atoms with Gasteiger partial charge in [0.05, 0.1) is 11.9 Å². The summed E-state index contributed by atoms with van der Waals surface area (Å²) >= 11 is 6.16. The van der Waals surface area contributed by atoms with Crippen LogP contribution in [0.15, 0.2) is 48.8 Å². The first kappa shape index (κ1) is 15.1. The molecule has 1 fully saturated rings. The Kier molecular flexibility index (Phi) is 3.94. The summed E-state index contributed by atoms with van der Waals surface area (Å²) in [6.07, 6.45) is 6.24. The number of anilines is 1. The predicted molar refractivity (Wildman–Crippen MR) is 94.7 cm³/mol. The lowest BCUT2D eigenvalue weighted by molar-refractivity contribution is 0.852. The maximum Gasteiger partial charge on any atom is 0.135 e. The molecule has 24 heavy (non-hydrogen) atoms. The molecular weight excluding hydrogens is 322 g/mol. The van der Waals surface area contributed by atoms with Crippen LogP contribution in [-0.4, -0.2) is 26.8 Å². The van der Waals surface area contributed by atoms with Gasteiger partial charge in [-0.15, -0.1) is 0 Å². The van der Waals surface area contributed by atoms with E-state index in [-0.39, 0.29) is 0 Å². The Labute approximate surface area is 145 Å². The van der Waals surface area contributed by atoms with Crippen molar-refractivity contribution in [2.24, 2.45) is 0 Å². The van der Waals surface area contributed by atoms with Gasteiger partial charge in [0, 0.05) is 37.3 Å². The van der Waals surface area contributed by atoms with E-state index in [9.17, 15) is 0 Å². The van der Waals surface area contributed by atoms with Gasteiger partial charge in [0.1, 0.15) is 16.8 Å². The monoisotopic (exact) mass is 339 g/mol. The molecule has 0 spiro atoms. The van der Waals surface area contributed by atoms with Crippen LogP contribution in [0.25, 0.3) is 5.69 Å². The second kappa shape index (κ2) is 6.24. The largest absolute Gasteiger partial charge is 0.355 e. The SMILES string of the molecule is CN(Cc1cnn(-c2ccccc2)c1)c1cc(Cl)nc(C2CC2)n1. The minimum atomic E-state index is 0.483. The van der Waals surface area contributed by atoms with Crippen LogP contribution >= 0.6 is 11.6 Å². The van der Waals surface area contributed by atoms with Crippen molar-refractivity contribution in [2.45, 2.75) is 25.3 Å². The zero-order valence-corrected chi connectivity index (χ0v) is 14.2. The number of rotatable bonds is 5. The maximum atomic E-state index is 6.16.